The van der Waals surface area contributed by atoms with Gasteiger partial charge in [-0.2, -0.15) is 0 Å². The van der Waals surface area contributed by atoms with E-state index in [0.717, 1.165) is 8.78 Å². The molecule has 9 heteroatoms. The van der Waals surface area contributed by atoms with Gasteiger partial charge in [-0.15, -0.1) is 0 Å². The van der Waals surface area contributed by atoms with E-state index in [9.17, 15) is 13.2 Å². The molecular weight excluding hydrogens is 484 g/mol. The molecule has 0 bridgehead atoms. The summed E-state index contributed by atoms with van der Waals surface area (Å²) in [5, 5.41) is 2.81. The Labute approximate surface area is 189 Å². The minimum atomic E-state index is -3.85. The van der Waals surface area contributed by atoms with Crippen LogP contribution in [0.2, 0.25) is 0 Å². The highest BCUT2D eigenvalue weighted by atomic mass is 79.9. The van der Waals surface area contributed by atoms with Crippen molar-refractivity contribution in [2.45, 2.75) is 4.90 Å². The van der Waals surface area contributed by atoms with Gasteiger partial charge in [-0.3, -0.25) is 9.10 Å². The number of carbonyl (C=O) groups is 1. The van der Waals surface area contributed by atoms with Gasteiger partial charge in [-0.25, -0.2) is 8.42 Å². The summed E-state index contributed by atoms with van der Waals surface area (Å²) in [5.74, 6) is 0.449. The highest BCUT2D eigenvalue weighted by Gasteiger charge is 2.23. The Balaban J connectivity index is 1.81. The Morgan fingerprint density at radius 1 is 0.935 bits per heavy atom. The Morgan fingerprint density at radius 3 is 2.19 bits per heavy atom. The fourth-order valence-corrected chi connectivity index (χ4v) is 4.45. The van der Waals surface area contributed by atoms with E-state index in [0.29, 0.717) is 28.4 Å². The number of nitrogens with one attached hydrogen (secondary N) is 1. The SMILES string of the molecule is COc1ccc(S(=O)(=O)N(C)c2ccc(C(=O)Nc3ccccc3Br)cc2)cc1OC. The molecule has 0 aliphatic carbocycles. The first-order chi connectivity index (χ1) is 14.8. The van der Waals surface area contributed by atoms with Gasteiger partial charge in [0.2, 0.25) is 0 Å². The summed E-state index contributed by atoms with van der Waals surface area (Å²) in [6, 6.07) is 18.0. The Hall–Kier alpha value is -3.04. The number of sulfonamides is 1. The number of carbonyl (C=O) groups excluding carboxylic acids is 1. The molecule has 0 aliphatic rings. The lowest BCUT2D eigenvalue weighted by molar-refractivity contribution is 0.102. The smallest absolute Gasteiger partial charge is 0.264 e. The summed E-state index contributed by atoms with van der Waals surface area (Å²) in [6.07, 6.45) is 0. The second-order valence-corrected chi connectivity index (χ2v) is 9.29. The van der Waals surface area contributed by atoms with Crippen molar-refractivity contribution in [3.05, 3.63) is 76.8 Å². The summed E-state index contributed by atoms with van der Waals surface area (Å²) >= 11 is 3.39. The molecular formula is C22H21BrN2O5S. The molecule has 0 aliphatic heterocycles. The first-order valence-electron chi connectivity index (χ1n) is 9.15. The predicted molar refractivity (Wildman–Crippen MR) is 124 cm³/mol. The summed E-state index contributed by atoms with van der Waals surface area (Å²) in [7, 11) is 0.520. The molecule has 3 rings (SSSR count). The van der Waals surface area contributed by atoms with Crippen molar-refractivity contribution in [1.29, 1.82) is 0 Å². The molecule has 0 spiro atoms. The fourth-order valence-electron chi connectivity index (χ4n) is 2.85. The molecule has 0 saturated heterocycles. The van der Waals surface area contributed by atoms with Crippen molar-refractivity contribution in [2.24, 2.45) is 0 Å². The van der Waals surface area contributed by atoms with E-state index in [1.807, 2.05) is 18.2 Å². The van der Waals surface area contributed by atoms with Crippen LogP contribution in [0.3, 0.4) is 0 Å². The predicted octanol–water partition coefficient (Wildman–Crippen LogP) is 4.54. The van der Waals surface area contributed by atoms with Crippen LogP contribution in [0.5, 0.6) is 11.5 Å². The van der Waals surface area contributed by atoms with Crippen molar-refractivity contribution in [3.63, 3.8) is 0 Å². The van der Waals surface area contributed by atoms with Crippen LogP contribution < -0.4 is 19.1 Å². The molecule has 1 amide bonds. The number of benzene rings is 3. The number of ether oxygens (including phenoxy) is 2. The van der Waals surface area contributed by atoms with E-state index in [1.54, 1.807) is 30.3 Å². The monoisotopic (exact) mass is 504 g/mol. The van der Waals surface area contributed by atoms with E-state index >= 15 is 0 Å². The number of anilines is 2. The van der Waals surface area contributed by atoms with Crippen LogP contribution in [-0.2, 0) is 10.0 Å². The van der Waals surface area contributed by atoms with E-state index in [-0.39, 0.29) is 10.8 Å². The molecule has 0 fully saturated rings. The largest absolute Gasteiger partial charge is 0.493 e. The third-order valence-electron chi connectivity index (χ3n) is 4.63. The first-order valence-corrected chi connectivity index (χ1v) is 11.4. The molecule has 1 N–H and O–H groups in total. The molecule has 0 atom stereocenters. The molecule has 0 saturated carbocycles. The molecule has 0 heterocycles. The zero-order valence-corrected chi connectivity index (χ0v) is 19.5. The number of halogens is 1. The molecule has 7 nitrogen and oxygen atoms in total. The summed E-state index contributed by atoms with van der Waals surface area (Å²) in [4.78, 5) is 12.6. The Bertz CT molecular complexity index is 1200. The van der Waals surface area contributed by atoms with Crippen molar-refractivity contribution in [2.75, 3.05) is 30.9 Å². The van der Waals surface area contributed by atoms with Crippen LogP contribution >= 0.6 is 15.9 Å². The van der Waals surface area contributed by atoms with Crippen LogP contribution in [-0.4, -0.2) is 35.6 Å². The van der Waals surface area contributed by atoms with Gasteiger partial charge < -0.3 is 14.8 Å². The van der Waals surface area contributed by atoms with E-state index in [1.165, 1.54) is 39.5 Å². The minimum Gasteiger partial charge on any atom is -0.493 e. The molecule has 0 unspecified atom stereocenters. The van der Waals surface area contributed by atoms with Crippen LogP contribution in [0, 0.1) is 0 Å². The molecule has 0 radical (unpaired) electrons. The molecule has 3 aromatic rings. The van der Waals surface area contributed by atoms with Gasteiger partial charge in [0.25, 0.3) is 15.9 Å². The zero-order chi connectivity index (χ0) is 22.6. The number of nitrogens with zero attached hydrogens (tertiary/aromatic N) is 1. The number of rotatable bonds is 7. The molecule has 162 valence electrons. The summed E-state index contributed by atoms with van der Waals surface area (Å²) in [6.45, 7) is 0. The second-order valence-electron chi connectivity index (χ2n) is 6.47. The number of methoxy groups -OCH3 is 2. The van der Waals surface area contributed by atoms with Gasteiger partial charge >= 0.3 is 0 Å². The van der Waals surface area contributed by atoms with Gasteiger partial charge in [-0.05, 0) is 64.5 Å². The Kier molecular flexibility index (Phi) is 6.87. The van der Waals surface area contributed by atoms with Crippen molar-refractivity contribution < 1.29 is 22.7 Å². The number of amides is 1. The van der Waals surface area contributed by atoms with Gasteiger partial charge in [0, 0.05) is 23.2 Å². The van der Waals surface area contributed by atoms with Gasteiger partial charge in [0.15, 0.2) is 11.5 Å². The average Bonchev–Trinajstić information content (AvgIpc) is 2.79. The minimum absolute atomic E-state index is 0.0587. The zero-order valence-electron chi connectivity index (χ0n) is 17.1. The van der Waals surface area contributed by atoms with Crippen molar-refractivity contribution >= 4 is 43.2 Å². The summed E-state index contributed by atoms with van der Waals surface area (Å²) < 4.78 is 38.4. The third kappa shape index (κ3) is 4.83. The van der Waals surface area contributed by atoms with Crippen molar-refractivity contribution in [1.82, 2.24) is 0 Å². The maximum absolute atomic E-state index is 13.0. The van der Waals surface area contributed by atoms with Gasteiger partial charge in [0.05, 0.1) is 30.5 Å². The van der Waals surface area contributed by atoms with Gasteiger partial charge in [-0.1, -0.05) is 12.1 Å². The van der Waals surface area contributed by atoms with Crippen LogP contribution in [0.25, 0.3) is 0 Å². The maximum atomic E-state index is 13.0. The standard InChI is InChI=1S/C22H21BrN2O5S/c1-25(31(27,28)17-12-13-20(29-2)21(14-17)30-3)16-10-8-15(9-11-16)22(26)24-19-7-5-4-6-18(19)23/h4-14H,1-3H3,(H,24,26). The normalized spacial score (nSPS) is 11.0. The van der Waals surface area contributed by atoms with E-state index < -0.39 is 10.0 Å². The number of hydrogen-bond donors (Lipinski definition) is 1. The van der Waals surface area contributed by atoms with Crippen LogP contribution in [0.1, 0.15) is 10.4 Å². The van der Waals surface area contributed by atoms with Crippen LogP contribution in [0.15, 0.2) is 76.1 Å². The molecule has 31 heavy (non-hydrogen) atoms. The first kappa shape index (κ1) is 22.6. The average molecular weight is 505 g/mol. The maximum Gasteiger partial charge on any atom is 0.264 e. The summed E-state index contributed by atoms with van der Waals surface area (Å²) in [5.41, 5.74) is 1.45. The van der Waals surface area contributed by atoms with Gasteiger partial charge in [0.1, 0.15) is 0 Å². The van der Waals surface area contributed by atoms with Crippen molar-refractivity contribution in [3.8, 4) is 11.5 Å². The highest BCUT2D eigenvalue weighted by Crippen LogP contribution is 2.31. The number of para-hydroxylation sites is 1. The lowest BCUT2D eigenvalue weighted by Crippen LogP contribution is -2.26. The van der Waals surface area contributed by atoms with E-state index in [4.69, 9.17) is 9.47 Å². The Morgan fingerprint density at radius 2 is 1.58 bits per heavy atom. The topological polar surface area (TPSA) is 84.9 Å². The highest BCUT2D eigenvalue weighted by molar-refractivity contribution is 9.10. The quantitative estimate of drug-likeness (QED) is 0.510. The lowest BCUT2D eigenvalue weighted by Gasteiger charge is -2.20. The fraction of sp³-hybridized carbons (Fsp3) is 0.136. The lowest BCUT2D eigenvalue weighted by atomic mass is 10.2. The second kappa shape index (κ2) is 9.40. The number of hydrogen-bond acceptors (Lipinski definition) is 5. The van der Waals surface area contributed by atoms with Crippen LogP contribution in [0.4, 0.5) is 11.4 Å². The van der Waals surface area contributed by atoms with E-state index in [2.05, 4.69) is 21.2 Å². The molecule has 0 aromatic heterocycles. The molecule has 3 aromatic carbocycles. The third-order valence-corrected chi connectivity index (χ3v) is 7.10.